The highest BCUT2D eigenvalue weighted by atomic mass is 35.5. The van der Waals surface area contributed by atoms with Crippen molar-refractivity contribution in [2.45, 2.75) is 45.7 Å². The summed E-state index contributed by atoms with van der Waals surface area (Å²) in [6.07, 6.45) is 1.51. The third kappa shape index (κ3) is 4.69. The Morgan fingerprint density at radius 2 is 2.00 bits per heavy atom. The summed E-state index contributed by atoms with van der Waals surface area (Å²) in [5.74, 6) is 0.113. The van der Waals surface area contributed by atoms with Crippen LogP contribution in [-0.4, -0.2) is 24.4 Å². The molecule has 1 aromatic rings. The molecule has 3 N–H and O–H groups in total. The molecular formula is C17H26ClN3O2. The fourth-order valence-electron chi connectivity index (χ4n) is 2.58. The van der Waals surface area contributed by atoms with Crippen molar-refractivity contribution >= 4 is 29.9 Å². The number of nitrogens with two attached hydrogens (primary N) is 1. The minimum Gasteiger partial charge on any atom is -0.348 e. The van der Waals surface area contributed by atoms with Gasteiger partial charge in [-0.3, -0.25) is 9.59 Å². The zero-order valence-electron chi connectivity index (χ0n) is 13.9. The van der Waals surface area contributed by atoms with E-state index in [1.54, 1.807) is 4.90 Å². The van der Waals surface area contributed by atoms with E-state index in [1.165, 1.54) is 0 Å². The first-order valence-corrected chi connectivity index (χ1v) is 7.86. The molecule has 1 aliphatic rings. The van der Waals surface area contributed by atoms with Gasteiger partial charge in [-0.1, -0.05) is 26.0 Å². The highest BCUT2D eigenvalue weighted by Crippen LogP contribution is 2.24. The predicted octanol–water partition coefficient (Wildman–Crippen LogP) is 2.40. The van der Waals surface area contributed by atoms with Crippen LogP contribution in [0.4, 0.5) is 5.69 Å². The summed E-state index contributed by atoms with van der Waals surface area (Å²) in [6, 6.07) is 7.12. The SMILES string of the molecule is CC(NC(=O)[C@@H](N)C(C)C)c1cccc(N2CCCC2=O)c1.Cl. The van der Waals surface area contributed by atoms with E-state index in [-0.39, 0.29) is 36.2 Å². The largest absolute Gasteiger partial charge is 0.348 e. The molecule has 2 amide bonds. The summed E-state index contributed by atoms with van der Waals surface area (Å²) < 4.78 is 0. The third-order valence-electron chi connectivity index (χ3n) is 4.14. The van der Waals surface area contributed by atoms with Crippen molar-refractivity contribution in [2.24, 2.45) is 11.7 Å². The summed E-state index contributed by atoms with van der Waals surface area (Å²) in [5.41, 5.74) is 7.74. The molecule has 1 aliphatic heterocycles. The molecule has 5 nitrogen and oxygen atoms in total. The van der Waals surface area contributed by atoms with Crippen molar-refractivity contribution in [3.8, 4) is 0 Å². The second kappa shape index (κ2) is 8.31. The number of halogens is 1. The van der Waals surface area contributed by atoms with Gasteiger partial charge in [0.25, 0.3) is 0 Å². The van der Waals surface area contributed by atoms with Crippen molar-refractivity contribution in [3.63, 3.8) is 0 Å². The smallest absolute Gasteiger partial charge is 0.237 e. The van der Waals surface area contributed by atoms with Gasteiger partial charge in [0, 0.05) is 18.7 Å². The van der Waals surface area contributed by atoms with E-state index in [9.17, 15) is 9.59 Å². The van der Waals surface area contributed by atoms with E-state index in [0.29, 0.717) is 6.42 Å². The molecule has 1 unspecified atom stereocenters. The Bertz CT molecular complexity index is 563. The van der Waals surface area contributed by atoms with E-state index in [1.807, 2.05) is 45.0 Å². The molecule has 0 aromatic heterocycles. The quantitative estimate of drug-likeness (QED) is 0.864. The average molecular weight is 340 g/mol. The first kappa shape index (κ1) is 19.5. The number of carbonyl (C=O) groups excluding carboxylic acids is 2. The Morgan fingerprint density at radius 1 is 1.30 bits per heavy atom. The van der Waals surface area contributed by atoms with E-state index in [2.05, 4.69) is 5.32 Å². The van der Waals surface area contributed by atoms with Gasteiger partial charge in [0.05, 0.1) is 12.1 Å². The van der Waals surface area contributed by atoms with Crippen LogP contribution in [0.3, 0.4) is 0 Å². The van der Waals surface area contributed by atoms with Gasteiger partial charge in [-0.05, 0) is 37.0 Å². The summed E-state index contributed by atoms with van der Waals surface area (Å²) in [4.78, 5) is 25.7. The first-order chi connectivity index (χ1) is 10.4. The number of anilines is 1. The van der Waals surface area contributed by atoms with Gasteiger partial charge in [0.2, 0.25) is 11.8 Å². The number of hydrogen-bond donors (Lipinski definition) is 2. The van der Waals surface area contributed by atoms with Crippen LogP contribution in [-0.2, 0) is 9.59 Å². The molecule has 0 spiro atoms. The van der Waals surface area contributed by atoms with Gasteiger partial charge in [-0.15, -0.1) is 12.4 Å². The standard InChI is InChI=1S/C17H25N3O2.ClH/c1-11(2)16(18)17(22)19-12(3)13-6-4-7-14(10-13)20-9-5-8-15(20)21;/h4,6-7,10-12,16H,5,8-9,18H2,1-3H3,(H,19,22);1H/t12?,16-;/m0./s1. The molecule has 1 aromatic carbocycles. The molecular weight excluding hydrogens is 314 g/mol. The lowest BCUT2D eigenvalue weighted by Crippen LogP contribution is -2.44. The maximum Gasteiger partial charge on any atom is 0.237 e. The molecule has 1 saturated heterocycles. The van der Waals surface area contributed by atoms with E-state index in [4.69, 9.17) is 5.73 Å². The Kier molecular flexibility index (Phi) is 7.03. The van der Waals surface area contributed by atoms with Gasteiger partial charge in [-0.2, -0.15) is 0 Å². The minimum absolute atomic E-state index is 0. The zero-order valence-corrected chi connectivity index (χ0v) is 14.7. The summed E-state index contributed by atoms with van der Waals surface area (Å²) in [6.45, 7) is 6.54. The Labute approximate surface area is 144 Å². The van der Waals surface area contributed by atoms with Crippen molar-refractivity contribution < 1.29 is 9.59 Å². The highest BCUT2D eigenvalue weighted by molar-refractivity contribution is 5.95. The van der Waals surface area contributed by atoms with Crippen LogP contribution in [0, 0.1) is 5.92 Å². The minimum atomic E-state index is -0.509. The summed E-state index contributed by atoms with van der Waals surface area (Å²) in [7, 11) is 0. The van der Waals surface area contributed by atoms with Crippen molar-refractivity contribution in [2.75, 3.05) is 11.4 Å². The summed E-state index contributed by atoms with van der Waals surface area (Å²) in [5, 5.41) is 2.94. The number of rotatable bonds is 5. The maximum atomic E-state index is 12.1. The lowest BCUT2D eigenvalue weighted by molar-refractivity contribution is -0.124. The Hall–Kier alpha value is -1.59. The van der Waals surface area contributed by atoms with Crippen molar-refractivity contribution in [1.82, 2.24) is 5.32 Å². The molecule has 6 heteroatoms. The second-order valence-corrected chi connectivity index (χ2v) is 6.24. The first-order valence-electron chi connectivity index (χ1n) is 7.86. The van der Waals surface area contributed by atoms with Gasteiger partial charge in [0.15, 0.2) is 0 Å². The molecule has 1 fully saturated rings. The fraction of sp³-hybridized carbons (Fsp3) is 0.529. The molecule has 2 rings (SSSR count). The van der Waals surface area contributed by atoms with Crippen LogP contribution in [0.1, 0.15) is 45.2 Å². The highest BCUT2D eigenvalue weighted by Gasteiger charge is 2.23. The molecule has 128 valence electrons. The van der Waals surface area contributed by atoms with E-state index in [0.717, 1.165) is 24.2 Å². The number of benzene rings is 1. The maximum absolute atomic E-state index is 12.1. The lowest BCUT2D eigenvalue weighted by Gasteiger charge is -2.22. The number of nitrogens with zero attached hydrogens (tertiary/aromatic N) is 1. The van der Waals surface area contributed by atoms with Crippen LogP contribution in [0.2, 0.25) is 0 Å². The van der Waals surface area contributed by atoms with Gasteiger partial charge in [0.1, 0.15) is 0 Å². The van der Waals surface area contributed by atoms with Crippen LogP contribution in [0.5, 0.6) is 0 Å². The zero-order chi connectivity index (χ0) is 16.3. The second-order valence-electron chi connectivity index (χ2n) is 6.24. The van der Waals surface area contributed by atoms with E-state index >= 15 is 0 Å². The molecule has 0 saturated carbocycles. The molecule has 1 heterocycles. The van der Waals surface area contributed by atoms with Crippen molar-refractivity contribution in [3.05, 3.63) is 29.8 Å². The number of carbonyl (C=O) groups is 2. The molecule has 0 radical (unpaired) electrons. The van der Waals surface area contributed by atoms with Crippen LogP contribution in [0.15, 0.2) is 24.3 Å². The normalized spacial score (nSPS) is 16.9. The molecule has 23 heavy (non-hydrogen) atoms. The number of amides is 2. The molecule has 2 atom stereocenters. The van der Waals surface area contributed by atoms with Gasteiger partial charge >= 0.3 is 0 Å². The Morgan fingerprint density at radius 3 is 2.57 bits per heavy atom. The average Bonchev–Trinajstić information content (AvgIpc) is 2.92. The molecule has 0 aliphatic carbocycles. The topological polar surface area (TPSA) is 75.4 Å². The Balaban J connectivity index is 0.00000264. The van der Waals surface area contributed by atoms with Crippen molar-refractivity contribution in [1.29, 1.82) is 0 Å². The van der Waals surface area contributed by atoms with E-state index < -0.39 is 6.04 Å². The molecule has 0 bridgehead atoms. The van der Waals surface area contributed by atoms with Crippen LogP contribution in [0.25, 0.3) is 0 Å². The van der Waals surface area contributed by atoms with Crippen LogP contribution >= 0.6 is 12.4 Å². The van der Waals surface area contributed by atoms with Gasteiger partial charge < -0.3 is 16.0 Å². The number of hydrogen-bond acceptors (Lipinski definition) is 3. The predicted molar refractivity (Wildman–Crippen MR) is 94.6 cm³/mol. The fourth-order valence-corrected chi connectivity index (χ4v) is 2.58. The monoisotopic (exact) mass is 339 g/mol. The number of nitrogens with one attached hydrogen (secondary N) is 1. The summed E-state index contributed by atoms with van der Waals surface area (Å²) >= 11 is 0. The lowest BCUT2D eigenvalue weighted by atomic mass is 10.0. The van der Waals surface area contributed by atoms with Crippen LogP contribution < -0.4 is 16.0 Å². The van der Waals surface area contributed by atoms with Gasteiger partial charge in [-0.25, -0.2) is 0 Å². The third-order valence-corrected chi connectivity index (χ3v) is 4.14.